The van der Waals surface area contributed by atoms with Crippen LogP contribution < -0.4 is 4.74 Å². The van der Waals surface area contributed by atoms with E-state index in [4.69, 9.17) is 27.4 Å². The van der Waals surface area contributed by atoms with E-state index in [9.17, 15) is 10.2 Å². The Morgan fingerprint density at radius 3 is 2.52 bits per heavy atom. The summed E-state index contributed by atoms with van der Waals surface area (Å²) in [6.45, 7) is 2.94. The molecule has 5 rings (SSSR count). The van der Waals surface area contributed by atoms with E-state index in [2.05, 4.69) is 18.0 Å². The average Bonchev–Trinajstić information content (AvgIpc) is 2.97. The number of phenols is 1. The summed E-state index contributed by atoms with van der Waals surface area (Å²) in [6.07, 6.45) is 5.18. The van der Waals surface area contributed by atoms with Crippen LogP contribution in [-0.2, 0) is 22.2 Å². The van der Waals surface area contributed by atoms with Crippen LogP contribution in [0.25, 0.3) is 0 Å². The van der Waals surface area contributed by atoms with Crippen LogP contribution in [0.1, 0.15) is 24.5 Å². The van der Waals surface area contributed by atoms with Gasteiger partial charge in [0.1, 0.15) is 12.2 Å². The lowest BCUT2D eigenvalue weighted by Crippen LogP contribution is -2.64. The van der Waals surface area contributed by atoms with Crippen molar-refractivity contribution < 1.29 is 37.6 Å². The molecule has 10 heteroatoms. The molecular formula is C19H27NO8S. The van der Waals surface area contributed by atoms with Gasteiger partial charge in [0, 0.05) is 29.5 Å². The number of nitrogens with zero attached hydrogens (tertiary/aromatic N) is 1. The number of phenolic OH excluding ortho intramolecular Hbond substituents is 1. The van der Waals surface area contributed by atoms with Crippen LogP contribution in [0, 0.1) is 5.92 Å². The number of aliphatic hydroxyl groups excluding tert-OH is 2. The third-order valence-electron chi connectivity index (χ3n) is 6.15. The maximum atomic E-state index is 10.4. The first kappa shape index (κ1) is 22.0. The summed E-state index contributed by atoms with van der Waals surface area (Å²) >= 11 is 0. The van der Waals surface area contributed by atoms with Crippen LogP contribution in [0.2, 0.25) is 0 Å². The van der Waals surface area contributed by atoms with E-state index in [0.717, 1.165) is 19.4 Å². The van der Waals surface area contributed by atoms with Gasteiger partial charge in [0.2, 0.25) is 0 Å². The molecule has 4 aliphatic rings. The van der Waals surface area contributed by atoms with Crippen molar-refractivity contribution in [2.75, 3.05) is 20.2 Å². The number of aliphatic hydroxyl groups is 2. The lowest BCUT2D eigenvalue weighted by atomic mass is 9.53. The molecule has 0 saturated carbocycles. The molecular weight excluding hydrogens is 402 g/mol. The fraction of sp³-hybridized carbons (Fsp3) is 0.579. The Morgan fingerprint density at radius 2 is 1.90 bits per heavy atom. The van der Waals surface area contributed by atoms with E-state index in [1.165, 1.54) is 11.1 Å². The van der Waals surface area contributed by atoms with Crippen molar-refractivity contribution in [3.8, 4) is 11.5 Å². The molecule has 0 aromatic heterocycles. The van der Waals surface area contributed by atoms with Crippen molar-refractivity contribution in [1.29, 1.82) is 0 Å². The summed E-state index contributed by atoms with van der Waals surface area (Å²) in [5.41, 5.74) is 2.29. The minimum Gasteiger partial charge on any atom is -0.504 e. The van der Waals surface area contributed by atoms with Crippen LogP contribution in [-0.4, -0.2) is 76.2 Å². The van der Waals surface area contributed by atoms with Gasteiger partial charge >= 0.3 is 10.4 Å². The van der Waals surface area contributed by atoms with E-state index in [1.54, 1.807) is 13.0 Å². The Morgan fingerprint density at radius 1 is 1.28 bits per heavy atom. The molecule has 0 radical (unpaired) electrons. The van der Waals surface area contributed by atoms with Gasteiger partial charge in [0.25, 0.3) is 0 Å². The lowest BCUT2D eigenvalue weighted by molar-refractivity contribution is -0.0453. The molecule has 2 bridgehead atoms. The first-order valence-corrected chi connectivity index (χ1v) is 10.8. The van der Waals surface area contributed by atoms with Gasteiger partial charge in [0.05, 0.1) is 0 Å². The van der Waals surface area contributed by atoms with Crippen molar-refractivity contribution >= 4 is 10.4 Å². The molecule has 2 aliphatic carbocycles. The van der Waals surface area contributed by atoms with Gasteiger partial charge in [-0.1, -0.05) is 18.2 Å². The number of piperidine rings is 1. The number of rotatable bonds is 0. The second-order valence-corrected chi connectivity index (χ2v) is 8.59. The van der Waals surface area contributed by atoms with Crippen LogP contribution in [0.4, 0.5) is 0 Å². The van der Waals surface area contributed by atoms with Gasteiger partial charge in [0.15, 0.2) is 11.5 Å². The number of hydrogen-bond donors (Lipinski definition) is 5. The molecule has 1 aromatic rings. The second-order valence-electron chi connectivity index (χ2n) is 7.69. The summed E-state index contributed by atoms with van der Waals surface area (Å²) < 4.78 is 37.7. The number of likely N-dealkylation sites (tertiary alicyclic amines) is 1. The van der Waals surface area contributed by atoms with Crippen molar-refractivity contribution in [2.24, 2.45) is 5.92 Å². The molecule has 162 valence electrons. The molecule has 1 saturated heterocycles. The zero-order valence-electron chi connectivity index (χ0n) is 16.3. The zero-order chi connectivity index (χ0) is 21.6. The van der Waals surface area contributed by atoms with Gasteiger partial charge in [-0.05, 0) is 45.0 Å². The highest BCUT2D eigenvalue weighted by Gasteiger charge is 2.64. The van der Waals surface area contributed by atoms with Crippen molar-refractivity contribution in [3.63, 3.8) is 0 Å². The van der Waals surface area contributed by atoms with E-state index >= 15 is 0 Å². The minimum absolute atomic E-state index is 0.160. The SMILES string of the molecule is CCO.CN1CC[C@]23c4c5ccc(O)c4O[C@H]2[C@@H](O)C=C[C@H]3[C@H]1C5.O=S(=O)(O)O. The Hall–Kier alpha value is -1.69. The molecule has 9 nitrogen and oxygen atoms in total. The average molecular weight is 429 g/mol. The molecule has 1 spiro atoms. The monoisotopic (exact) mass is 429 g/mol. The van der Waals surface area contributed by atoms with Gasteiger partial charge in [-0.2, -0.15) is 8.42 Å². The standard InChI is InChI=1S/C17H19NO3.C2H6O.H2O4S/c1-18-7-6-17-10-3-5-13(20)16(17)21-15-12(19)4-2-9(14(15)17)8-11(10)18;1-2-3;1-5(2,3)4/h2-5,10-11,13,16,19-20H,6-8H2,1H3;3H,2H2,1H3;(H2,1,2,3,4)/t10-,11+,13-,16-,17-;;/m0../s1. The van der Waals surface area contributed by atoms with E-state index in [0.29, 0.717) is 17.7 Å². The number of likely N-dealkylation sites (N-methyl/N-ethyl adjacent to an activating group) is 1. The van der Waals surface area contributed by atoms with Gasteiger partial charge < -0.3 is 25.0 Å². The normalized spacial score (nSPS) is 33.4. The molecule has 2 heterocycles. The number of aromatic hydroxyl groups is 1. The molecule has 2 aliphatic heterocycles. The summed E-state index contributed by atoms with van der Waals surface area (Å²) in [6, 6.07) is 4.23. The van der Waals surface area contributed by atoms with Crippen LogP contribution >= 0.6 is 0 Å². The predicted molar refractivity (Wildman–Crippen MR) is 105 cm³/mol. The molecule has 0 unspecified atom stereocenters. The molecule has 1 aromatic carbocycles. The van der Waals surface area contributed by atoms with Crippen molar-refractivity contribution in [3.05, 3.63) is 35.4 Å². The topological polar surface area (TPSA) is 148 Å². The summed E-state index contributed by atoms with van der Waals surface area (Å²) in [4.78, 5) is 2.43. The third kappa shape index (κ3) is 3.76. The fourth-order valence-electron chi connectivity index (χ4n) is 5.24. The lowest BCUT2D eigenvalue weighted by Gasteiger charge is -2.56. The zero-order valence-corrected chi connectivity index (χ0v) is 17.1. The van der Waals surface area contributed by atoms with Crippen LogP contribution in [0.5, 0.6) is 11.5 Å². The van der Waals surface area contributed by atoms with Crippen molar-refractivity contribution in [1.82, 2.24) is 4.90 Å². The van der Waals surface area contributed by atoms with Crippen molar-refractivity contribution in [2.45, 2.75) is 43.4 Å². The van der Waals surface area contributed by atoms with E-state index < -0.39 is 16.5 Å². The minimum atomic E-state index is -4.67. The van der Waals surface area contributed by atoms with Crippen LogP contribution in [0.15, 0.2) is 24.3 Å². The molecule has 29 heavy (non-hydrogen) atoms. The molecule has 0 amide bonds. The van der Waals surface area contributed by atoms with Crippen LogP contribution in [0.3, 0.4) is 0 Å². The smallest absolute Gasteiger partial charge is 0.394 e. The van der Waals surface area contributed by atoms with E-state index in [1.807, 2.05) is 12.1 Å². The maximum Gasteiger partial charge on any atom is 0.394 e. The highest BCUT2D eigenvalue weighted by Crippen LogP contribution is 2.62. The highest BCUT2D eigenvalue weighted by atomic mass is 32.3. The van der Waals surface area contributed by atoms with E-state index in [-0.39, 0.29) is 23.9 Å². The Balaban J connectivity index is 0.000000261. The predicted octanol–water partition coefficient (Wildman–Crippen LogP) is 0.544. The number of benzene rings is 1. The molecule has 1 fully saturated rings. The Bertz CT molecular complexity index is 894. The largest absolute Gasteiger partial charge is 0.504 e. The maximum absolute atomic E-state index is 10.4. The van der Waals surface area contributed by atoms with Gasteiger partial charge in [-0.15, -0.1) is 0 Å². The second kappa shape index (κ2) is 7.86. The summed E-state index contributed by atoms with van der Waals surface area (Å²) in [5.74, 6) is 1.19. The quantitative estimate of drug-likeness (QED) is 0.294. The first-order valence-electron chi connectivity index (χ1n) is 9.44. The number of hydrogen-bond acceptors (Lipinski definition) is 7. The summed E-state index contributed by atoms with van der Waals surface area (Å²) in [5, 5.41) is 28.2. The number of ether oxygens (including phenoxy) is 1. The van der Waals surface area contributed by atoms with Gasteiger partial charge in [-0.25, -0.2) is 0 Å². The Labute approximate surface area is 169 Å². The van der Waals surface area contributed by atoms with Gasteiger partial charge in [-0.3, -0.25) is 9.11 Å². The molecule has 5 atom stereocenters. The third-order valence-corrected chi connectivity index (χ3v) is 6.15. The fourth-order valence-corrected chi connectivity index (χ4v) is 5.24. The highest BCUT2D eigenvalue weighted by molar-refractivity contribution is 7.79. The molecule has 5 N–H and O–H groups in total. The first-order chi connectivity index (χ1) is 13.5. The summed E-state index contributed by atoms with van der Waals surface area (Å²) in [7, 11) is -2.48. The Kier molecular flexibility index (Phi) is 5.96.